The summed E-state index contributed by atoms with van der Waals surface area (Å²) in [5.41, 5.74) is 2.23. The summed E-state index contributed by atoms with van der Waals surface area (Å²) in [5, 5.41) is 16.6. The second-order valence-corrected chi connectivity index (χ2v) is 9.16. The maximum atomic E-state index is 12.6. The predicted molar refractivity (Wildman–Crippen MR) is 116 cm³/mol. The maximum absolute atomic E-state index is 12.6. The number of nitrogens with one attached hydrogen (secondary N) is 1. The van der Waals surface area contributed by atoms with Crippen LogP contribution in [0.25, 0.3) is 10.6 Å². The van der Waals surface area contributed by atoms with E-state index in [-0.39, 0.29) is 18.0 Å². The van der Waals surface area contributed by atoms with Crippen molar-refractivity contribution in [3.8, 4) is 10.6 Å². The topological polar surface area (TPSA) is 85.8 Å². The minimum Gasteiger partial charge on any atom is -0.475 e. The average molecular weight is 479 g/mol. The van der Waals surface area contributed by atoms with Crippen molar-refractivity contribution < 1.29 is 27.9 Å². The van der Waals surface area contributed by atoms with Gasteiger partial charge in [-0.25, -0.2) is 9.78 Å². The van der Waals surface area contributed by atoms with Crippen molar-refractivity contribution in [2.24, 2.45) is 0 Å². The predicted octanol–water partition coefficient (Wildman–Crippen LogP) is 3.32. The SMILES string of the molecule is CC(C)N1c2sc(-c3ccsc3)nc2CC1C(=O)NCCN(C)C.O=C(O)C(F)(F)F. The Morgan fingerprint density at radius 2 is 2.03 bits per heavy atom. The first-order valence-electron chi connectivity index (χ1n) is 9.45. The first-order valence-corrected chi connectivity index (χ1v) is 11.2. The number of alkyl halides is 3. The lowest BCUT2D eigenvalue weighted by Crippen LogP contribution is -2.49. The summed E-state index contributed by atoms with van der Waals surface area (Å²) in [6.07, 6.45) is -4.39. The van der Waals surface area contributed by atoms with Crippen molar-refractivity contribution in [1.82, 2.24) is 15.2 Å². The number of aromatic nitrogens is 1. The van der Waals surface area contributed by atoms with Crippen LogP contribution in [0.3, 0.4) is 0 Å². The highest BCUT2D eigenvalue weighted by Gasteiger charge is 2.39. The molecule has 1 atom stereocenters. The highest BCUT2D eigenvalue weighted by Crippen LogP contribution is 2.42. The van der Waals surface area contributed by atoms with Gasteiger partial charge in [-0.1, -0.05) is 11.3 Å². The molecule has 1 aliphatic rings. The van der Waals surface area contributed by atoms with E-state index in [1.165, 1.54) is 5.56 Å². The molecule has 0 bridgehead atoms. The number of nitrogens with zero attached hydrogens (tertiary/aromatic N) is 3. The molecule has 0 aliphatic carbocycles. The molecule has 1 unspecified atom stereocenters. The number of carbonyl (C=O) groups is 2. The van der Waals surface area contributed by atoms with Gasteiger partial charge in [-0.15, -0.1) is 0 Å². The largest absolute Gasteiger partial charge is 0.490 e. The van der Waals surface area contributed by atoms with E-state index in [1.54, 1.807) is 22.7 Å². The standard InChI is InChI=1S/C17H24N4OS2.C2HF3O2/c1-11(2)21-14(15(22)18-6-7-20(3)4)9-13-17(21)24-16(19-13)12-5-8-23-10-12;3-2(4,5)1(6)7/h5,8,10-11,14H,6-7,9H2,1-4H3,(H,18,22);(H,6,7). The van der Waals surface area contributed by atoms with E-state index in [0.29, 0.717) is 13.0 Å². The normalized spacial score (nSPS) is 15.6. The van der Waals surface area contributed by atoms with E-state index in [2.05, 4.69) is 45.8 Å². The van der Waals surface area contributed by atoms with Crippen molar-refractivity contribution in [3.05, 3.63) is 22.5 Å². The van der Waals surface area contributed by atoms with Gasteiger partial charge in [0.15, 0.2) is 0 Å². The van der Waals surface area contributed by atoms with Crippen LogP contribution in [-0.4, -0.2) is 72.3 Å². The van der Waals surface area contributed by atoms with Crippen LogP contribution < -0.4 is 10.2 Å². The number of amides is 1. The molecule has 2 aromatic rings. The van der Waals surface area contributed by atoms with Gasteiger partial charge >= 0.3 is 12.1 Å². The summed E-state index contributed by atoms with van der Waals surface area (Å²) in [6, 6.07) is 2.23. The molecule has 1 amide bonds. The van der Waals surface area contributed by atoms with Gasteiger partial charge in [0, 0.05) is 36.5 Å². The molecule has 0 aromatic carbocycles. The molecule has 12 heteroatoms. The number of hydrogen-bond acceptors (Lipinski definition) is 7. The molecule has 0 fully saturated rings. The third-order valence-corrected chi connectivity index (χ3v) is 6.20. The Hall–Kier alpha value is -2.18. The second-order valence-electron chi connectivity index (χ2n) is 7.40. The average Bonchev–Trinajstić information content (AvgIpc) is 3.35. The zero-order chi connectivity index (χ0) is 23.3. The molecule has 2 aromatic heterocycles. The van der Waals surface area contributed by atoms with Crippen molar-refractivity contribution in [1.29, 1.82) is 0 Å². The van der Waals surface area contributed by atoms with Crippen LogP contribution in [0, 0.1) is 0 Å². The Balaban J connectivity index is 0.000000423. The monoisotopic (exact) mass is 478 g/mol. The van der Waals surface area contributed by atoms with E-state index in [1.807, 2.05) is 14.1 Å². The number of carbonyl (C=O) groups excluding carboxylic acids is 1. The van der Waals surface area contributed by atoms with Gasteiger partial charge in [0.05, 0.1) is 5.69 Å². The molecule has 0 radical (unpaired) electrons. The molecule has 1 aliphatic heterocycles. The molecular formula is C19H25F3N4O3S2. The first-order chi connectivity index (χ1) is 14.4. The Morgan fingerprint density at radius 1 is 1.39 bits per heavy atom. The number of thiophene rings is 1. The lowest BCUT2D eigenvalue weighted by Gasteiger charge is -2.29. The van der Waals surface area contributed by atoms with E-state index >= 15 is 0 Å². The first kappa shape index (κ1) is 25.1. The summed E-state index contributed by atoms with van der Waals surface area (Å²) < 4.78 is 31.7. The van der Waals surface area contributed by atoms with Crippen molar-refractivity contribution >= 4 is 39.6 Å². The summed E-state index contributed by atoms with van der Waals surface area (Å²) in [7, 11) is 4.02. The van der Waals surface area contributed by atoms with Crippen LogP contribution in [-0.2, 0) is 16.0 Å². The van der Waals surface area contributed by atoms with Crippen LogP contribution in [0.5, 0.6) is 0 Å². The van der Waals surface area contributed by atoms with Crippen molar-refractivity contribution in [2.45, 2.75) is 38.5 Å². The maximum Gasteiger partial charge on any atom is 0.490 e. The van der Waals surface area contributed by atoms with E-state index in [0.717, 1.165) is 22.2 Å². The Labute approximate surface area is 186 Å². The minimum absolute atomic E-state index is 0.104. The van der Waals surface area contributed by atoms with Crippen LogP contribution in [0.15, 0.2) is 16.8 Å². The molecule has 31 heavy (non-hydrogen) atoms. The van der Waals surface area contributed by atoms with Crippen molar-refractivity contribution in [3.63, 3.8) is 0 Å². The van der Waals surface area contributed by atoms with E-state index in [4.69, 9.17) is 14.9 Å². The fraction of sp³-hybridized carbons (Fsp3) is 0.526. The Morgan fingerprint density at radius 3 is 2.52 bits per heavy atom. The molecule has 0 saturated heterocycles. The number of carboxylic acids is 1. The summed E-state index contributed by atoms with van der Waals surface area (Å²) in [4.78, 5) is 30.6. The quantitative estimate of drug-likeness (QED) is 0.663. The number of hydrogen-bond donors (Lipinski definition) is 2. The fourth-order valence-electron chi connectivity index (χ4n) is 2.94. The number of carboxylic acid groups (broad SMARTS) is 1. The number of likely N-dealkylation sites (N-methyl/N-ethyl adjacent to an activating group) is 1. The molecular weight excluding hydrogens is 453 g/mol. The third kappa shape index (κ3) is 6.65. The second kappa shape index (κ2) is 10.4. The van der Waals surface area contributed by atoms with Crippen LogP contribution in [0.2, 0.25) is 0 Å². The number of halogens is 3. The van der Waals surface area contributed by atoms with Gasteiger partial charge in [-0.2, -0.15) is 24.5 Å². The number of thiazole rings is 1. The van der Waals surface area contributed by atoms with Crippen LogP contribution in [0.1, 0.15) is 19.5 Å². The number of aliphatic carboxylic acids is 1. The smallest absolute Gasteiger partial charge is 0.475 e. The minimum atomic E-state index is -5.08. The molecule has 3 rings (SSSR count). The number of fused-ring (bicyclic) bond motifs is 1. The summed E-state index contributed by atoms with van der Waals surface area (Å²) in [5.74, 6) is -2.65. The van der Waals surface area contributed by atoms with Gasteiger partial charge in [0.25, 0.3) is 0 Å². The molecule has 2 N–H and O–H groups in total. The van der Waals surface area contributed by atoms with Gasteiger partial charge in [-0.05, 0) is 39.4 Å². The lowest BCUT2D eigenvalue weighted by molar-refractivity contribution is -0.192. The van der Waals surface area contributed by atoms with Gasteiger partial charge in [-0.3, -0.25) is 4.79 Å². The number of anilines is 1. The Kier molecular flexibility index (Phi) is 8.43. The van der Waals surface area contributed by atoms with Crippen LogP contribution >= 0.6 is 22.7 Å². The molecule has 0 saturated carbocycles. The van der Waals surface area contributed by atoms with Gasteiger partial charge in [0.1, 0.15) is 16.1 Å². The highest BCUT2D eigenvalue weighted by atomic mass is 32.1. The van der Waals surface area contributed by atoms with Crippen molar-refractivity contribution in [2.75, 3.05) is 32.1 Å². The van der Waals surface area contributed by atoms with E-state index < -0.39 is 12.1 Å². The molecule has 172 valence electrons. The lowest BCUT2D eigenvalue weighted by atomic mass is 10.1. The third-order valence-electron chi connectivity index (χ3n) is 4.36. The zero-order valence-electron chi connectivity index (χ0n) is 17.6. The Bertz CT molecular complexity index is 883. The van der Waals surface area contributed by atoms with E-state index in [9.17, 15) is 18.0 Å². The highest BCUT2D eigenvalue weighted by molar-refractivity contribution is 7.19. The van der Waals surface area contributed by atoms with Gasteiger partial charge < -0.3 is 20.2 Å². The summed E-state index contributed by atoms with van der Waals surface area (Å²) >= 11 is 3.38. The zero-order valence-corrected chi connectivity index (χ0v) is 19.2. The van der Waals surface area contributed by atoms with Crippen LogP contribution in [0.4, 0.5) is 18.2 Å². The molecule has 3 heterocycles. The fourth-order valence-corrected chi connectivity index (χ4v) is 4.93. The molecule has 7 nitrogen and oxygen atoms in total. The van der Waals surface area contributed by atoms with Gasteiger partial charge in [0.2, 0.25) is 5.91 Å². The molecule has 0 spiro atoms. The number of rotatable bonds is 6. The summed E-state index contributed by atoms with van der Waals surface area (Å²) in [6.45, 7) is 5.80.